The molecule has 0 bridgehead atoms. The molecule has 0 spiro atoms. The van der Waals surface area contributed by atoms with Crippen LogP contribution in [-0.4, -0.2) is 39.6 Å². The van der Waals surface area contributed by atoms with Crippen LogP contribution in [0.15, 0.2) is 12.2 Å². The van der Waals surface area contributed by atoms with E-state index in [4.69, 9.17) is 9.79 Å². The largest absolute Gasteiger partial charge is 0.469 e. The Morgan fingerprint density at radius 3 is 1.93 bits per heavy atom. The van der Waals surface area contributed by atoms with Gasteiger partial charge in [0.15, 0.2) is 0 Å². The van der Waals surface area contributed by atoms with Crippen LogP contribution in [0.3, 0.4) is 0 Å². The van der Waals surface area contributed by atoms with Gasteiger partial charge in [-0.3, -0.25) is 9.32 Å². The van der Waals surface area contributed by atoms with Crippen LogP contribution in [0, 0.1) is 0 Å². The predicted molar refractivity (Wildman–Crippen MR) is 117 cm³/mol. The molecule has 0 aromatic rings. The minimum Gasteiger partial charge on any atom is -0.387 e. The van der Waals surface area contributed by atoms with Gasteiger partial charge in [-0.1, -0.05) is 83.3 Å². The number of rotatable bonds is 18. The van der Waals surface area contributed by atoms with E-state index >= 15 is 0 Å². The molecule has 0 radical (unpaired) electrons. The Kier molecular flexibility index (Phi) is 20.2. The van der Waals surface area contributed by atoms with Gasteiger partial charge < -0.3 is 26.4 Å². The lowest BCUT2D eigenvalue weighted by atomic mass is 10.0. The van der Waals surface area contributed by atoms with Crippen molar-refractivity contribution in [1.82, 2.24) is 11.5 Å². The van der Waals surface area contributed by atoms with Gasteiger partial charge in [0.1, 0.15) is 0 Å². The van der Waals surface area contributed by atoms with Crippen molar-refractivity contribution in [2.24, 2.45) is 0 Å². The summed E-state index contributed by atoms with van der Waals surface area (Å²) in [6, 6.07) is -0.904. The Morgan fingerprint density at radius 2 is 1.48 bits per heavy atom. The highest BCUT2D eigenvalue weighted by Gasteiger charge is 2.23. The fourth-order valence-electron chi connectivity index (χ4n) is 2.96. The SMILES string of the molecule is CCCCCCCCCCCCC/C=C/[C@@H](O)[C@H](COP(=O)(O)O)NC(C)=O.N. The zero-order chi connectivity index (χ0) is 21.3. The first-order valence-corrected chi connectivity index (χ1v) is 12.1. The summed E-state index contributed by atoms with van der Waals surface area (Å²) in [6.07, 6.45) is 17.1. The summed E-state index contributed by atoms with van der Waals surface area (Å²) in [4.78, 5) is 28.7. The minimum atomic E-state index is -4.65. The second-order valence-electron chi connectivity index (χ2n) is 7.34. The summed E-state index contributed by atoms with van der Waals surface area (Å²) in [5.41, 5.74) is 0. The number of phosphoric ester groups is 1. The molecule has 0 heterocycles. The van der Waals surface area contributed by atoms with E-state index in [0.717, 1.165) is 19.3 Å². The molecule has 0 aromatic heterocycles. The zero-order valence-corrected chi connectivity index (χ0v) is 19.1. The molecular formula is C20H43N2O6P. The van der Waals surface area contributed by atoms with E-state index in [1.807, 2.05) is 6.08 Å². The maximum absolute atomic E-state index is 11.2. The number of unbranched alkanes of at least 4 members (excludes halogenated alkanes) is 11. The average Bonchev–Trinajstić information content (AvgIpc) is 2.61. The first-order valence-electron chi connectivity index (χ1n) is 10.6. The number of hydrogen-bond donors (Lipinski definition) is 5. The van der Waals surface area contributed by atoms with Gasteiger partial charge in [0.25, 0.3) is 0 Å². The Hall–Kier alpha value is -0.760. The van der Waals surface area contributed by atoms with Crippen LogP contribution in [-0.2, 0) is 13.9 Å². The number of carbonyl (C=O) groups is 1. The first-order chi connectivity index (χ1) is 13.3. The van der Waals surface area contributed by atoms with E-state index in [0.29, 0.717) is 0 Å². The van der Waals surface area contributed by atoms with Gasteiger partial charge in [-0.05, 0) is 12.8 Å². The molecule has 0 unspecified atom stereocenters. The van der Waals surface area contributed by atoms with Crippen LogP contribution in [0.2, 0.25) is 0 Å². The summed E-state index contributed by atoms with van der Waals surface area (Å²) in [6.45, 7) is 3.04. The molecule has 29 heavy (non-hydrogen) atoms. The smallest absolute Gasteiger partial charge is 0.387 e. The second-order valence-corrected chi connectivity index (χ2v) is 8.58. The number of nitrogens with one attached hydrogen (secondary N) is 1. The van der Waals surface area contributed by atoms with Crippen molar-refractivity contribution in [3.05, 3.63) is 12.2 Å². The van der Waals surface area contributed by atoms with E-state index < -0.39 is 32.5 Å². The molecule has 2 atom stereocenters. The number of allylic oxidation sites excluding steroid dienone is 1. The third kappa shape index (κ3) is 21.8. The fraction of sp³-hybridized carbons (Fsp3) is 0.850. The molecule has 0 aliphatic carbocycles. The maximum Gasteiger partial charge on any atom is 0.469 e. The van der Waals surface area contributed by atoms with Crippen LogP contribution in [0.5, 0.6) is 0 Å². The van der Waals surface area contributed by atoms with Gasteiger partial charge in [0, 0.05) is 6.92 Å². The van der Waals surface area contributed by atoms with Crippen molar-refractivity contribution in [3.8, 4) is 0 Å². The Balaban J connectivity index is 0. The summed E-state index contributed by atoms with van der Waals surface area (Å²) in [7, 11) is -4.65. The second kappa shape index (κ2) is 19.2. The van der Waals surface area contributed by atoms with Crippen LogP contribution in [0.4, 0.5) is 0 Å². The van der Waals surface area contributed by atoms with Gasteiger partial charge in [0.2, 0.25) is 5.91 Å². The molecule has 0 saturated heterocycles. The highest BCUT2D eigenvalue weighted by atomic mass is 31.2. The molecule has 0 saturated carbocycles. The topological polar surface area (TPSA) is 151 Å². The lowest BCUT2D eigenvalue weighted by molar-refractivity contribution is -0.120. The highest BCUT2D eigenvalue weighted by molar-refractivity contribution is 7.46. The summed E-state index contributed by atoms with van der Waals surface area (Å²) in [5, 5.41) is 12.5. The van der Waals surface area contributed by atoms with Gasteiger partial charge in [-0.25, -0.2) is 4.57 Å². The Morgan fingerprint density at radius 1 is 1.00 bits per heavy atom. The molecule has 9 heteroatoms. The molecule has 0 aromatic carbocycles. The molecule has 0 rings (SSSR count). The van der Waals surface area contributed by atoms with Crippen molar-refractivity contribution in [2.45, 2.75) is 103 Å². The Bertz CT molecular complexity index is 470. The standard InChI is InChI=1S/C20H40NO6P.H3N/c1-3-4-5-6-7-8-9-10-11-12-13-14-15-16-20(23)19(21-18(2)22)17-27-28(24,25)26;/h15-16,19-20,23H,3-14,17H2,1-2H3,(H,21,22)(H2,24,25,26);1H3/b16-15+;/t19-,20+;/m0./s1. The average molecular weight is 439 g/mol. The zero-order valence-electron chi connectivity index (χ0n) is 18.2. The number of amides is 1. The third-order valence-electron chi connectivity index (χ3n) is 4.53. The Labute approximate surface area is 176 Å². The summed E-state index contributed by atoms with van der Waals surface area (Å²) in [5.74, 6) is -0.405. The van der Waals surface area contributed by atoms with Crippen LogP contribution in [0.1, 0.15) is 90.9 Å². The predicted octanol–water partition coefficient (Wildman–Crippen LogP) is 4.38. The van der Waals surface area contributed by atoms with Crippen molar-refractivity contribution in [1.29, 1.82) is 0 Å². The van der Waals surface area contributed by atoms with E-state index in [-0.39, 0.29) is 6.15 Å². The molecule has 0 fully saturated rings. The van der Waals surface area contributed by atoms with Crippen molar-refractivity contribution < 1.29 is 28.8 Å². The normalized spacial score (nSPS) is 13.8. The molecule has 1 amide bonds. The molecule has 0 aliphatic heterocycles. The van der Waals surface area contributed by atoms with Crippen molar-refractivity contribution >= 4 is 13.7 Å². The van der Waals surface area contributed by atoms with E-state index in [9.17, 15) is 14.5 Å². The quantitative estimate of drug-likeness (QED) is 0.121. The highest BCUT2D eigenvalue weighted by Crippen LogP contribution is 2.35. The summed E-state index contributed by atoms with van der Waals surface area (Å²) < 4.78 is 15.2. The van der Waals surface area contributed by atoms with Gasteiger partial charge in [0.05, 0.1) is 18.8 Å². The molecule has 8 nitrogen and oxygen atoms in total. The van der Waals surface area contributed by atoms with Gasteiger partial charge in [-0.15, -0.1) is 0 Å². The number of hydrogen-bond acceptors (Lipinski definition) is 5. The van der Waals surface area contributed by atoms with E-state index in [1.54, 1.807) is 6.08 Å². The lowest BCUT2D eigenvalue weighted by Gasteiger charge is -2.21. The van der Waals surface area contributed by atoms with Gasteiger partial charge >= 0.3 is 7.82 Å². The number of aliphatic hydroxyl groups excluding tert-OH is 1. The minimum absolute atomic E-state index is 0. The van der Waals surface area contributed by atoms with Gasteiger partial charge in [-0.2, -0.15) is 0 Å². The number of aliphatic hydroxyl groups is 1. The number of carbonyl (C=O) groups excluding carboxylic acids is 1. The maximum atomic E-state index is 11.2. The molecule has 174 valence electrons. The van der Waals surface area contributed by atoms with Crippen molar-refractivity contribution in [2.75, 3.05) is 6.61 Å². The monoisotopic (exact) mass is 438 g/mol. The first kappa shape index (κ1) is 30.4. The van der Waals surface area contributed by atoms with E-state index in [1.165, 1.54) is 64.7 Å². The van der Waals surface area contributed by atoms with E-state index in [2.05, 4.69) is 16.8 Å². The molecule has 0 aliphatic rings. The van der Waals surface area contributed by atoms with Crippen LogP contribution >= 0.6 is 7.82 Å². The molecule has 7 N–H and O–H groups in total. The van der Waals surface area contributed by atoms with Crippen molar-refractivity contribution in [3.63, 3.8) is 0 Å². The molecular weight excluding hydrogens is 395 g/mol. The third-order valence-corrected chi connectivity index (χ3v) is 5.02. The number of phosphoric acid groups is 1. The van der Waals surface area contributed by atoms with Crippen LogP contribution < -0.4 is 11.5 Å². The summed E-state index contributed by atoms with van der Waals surface area (Å²) >= 11 is 0. The lowest BCUT2D eigenvalue weighted by Crippen LogP contribution is -2.44. The fourth-order valence-corrected chi connectivity index (χ4v) is 3.32. The van der Waals surface area contributed by atoms with Crippen LogP contribution in [0.25, 0.3) is 0 Å².